The number of hydrogen-bond donors (Lipinski definition) is 1. The van der Waals surface area contributed by atoms with Gasteiger partial charge >= 0.3 is 0 Å². The second kappa shape index (κ2) is 8.00. The molecule has 0 fully saturated rings. The number of nitrogens with one attached hydrogen (secondary N) is 1. The van der Waals surface area contributed by atoms with Gasteiger partial charge in [0.15, 0.2) is 0 Å². The van der Waals surface area contributed by atoms with E-state index < -0.39 is 10.0 Å². The molecule has 3 aromatic rings. The maximum absolute atomic E-state index is 12.0. The zero-order valence-electron chi connectivity index (χ0n) is 13.5. The van der Waals surface area contributed by atoms with E-state index in [0.717, 1.165) is 11.3 Å². The van der Waals surface area contributed by atoms with E-state index >= 15 is 0 Å². The lowest BCUT2D eigenvalue weighted by molar-refractivity contribution is 0.340. The van der Waals surface area contributed by atoms with Gasteiger partial charge in [0.05, 0.1) is 30.3 Å². The Morgan fingerprint density at radius 1 is 1.16 bits per heavy atom. The molecule has 132 valence electrons. The van der Waals surface area contributed by atoms with Gasteiger partial charge in [0.1, 0.15) is 18.1 Å². The van der Waals surface area contributed by atoms with E-state index in [9.17, 15) is 8.42 Å². The summed E-state index contributed by atoms with van der Waals surface area (Å²) in [6.07, 6.45) is 5.09. The van der Waals surface area contributed by atoms with E-state index in [-0.39, 0.29) is 18.9 Å². The molecule has 0 aliphatic rings. The summed E-state index contributed by atoms with van der Waals surface area (Å²) in [6.45, 7) is 0.788. The molecule has 2 heterocycles. The highest BCUT2D eigenvalue weighted by Gasteiger charge is 2.10. The number of ether oxygens (including phenoxy) is 1. The monoisotopic (exact) mass is 361 g/mol. The maximum atomic E-state index is 12.0. The Bertz CT molecular complexity index is 874. The first kappa shape index (κ1) is 17.2. The summed E-state index contributed by atoms with van der Waals surface area (Å²) in [6, 6.07) is 12.8. The van der Waals surface area contributed by atoms with Crippen molar-refractivity contribution in [1.82, 2.24) is 14.5 Å². The van der Waals surface area contributed by atoms with Crippen LogP contribution in [0.15, 0.2) is 65.5 Å². The van der Waals surface area contributed by atoms with E-state index in [0.29, 0.717) is 12.3 Å². The molecule has 0 saturated heterocycles. The third-order valence-corrected chi connectivity index (χ3v) is 4.81. The predicted molar refractivity (Wildman–Crippen MR) is 93.7 cm³/mol. The Morgan fingerprint density at radius 2 is 2.00 bits per heavy atom. The Labute approximate surface area is 146 Å². The Hall–Kier alpha value is -2.58. The van der Waals surface area contributed by atoms with Crippen molar-refractivity contribution in [3.8, 4) is 17.1 Å². The van der Waals surface area contributed by atoms with Crippen LogP contribution >= 0.6 is 0 Å². The number of rotatable bonds is 9. The van der Waals surface area contributed by atoms with Gasteiger partial charge in [-0.1, -0.05) is 18.2 Å². The molecule has 3 rings (SSSR count). The van der Waals surface area contributed by atoms with Crippen molar-refractivity contribution in [2.45, 2.75) is 6.54 Å². The highest BCUT2D eigenvalue weighted by molar-refractivity contribution is 7.89. The van der Waals surface area contributed by atoms with E-state index in [4.69, 9.17) is 9.15 Å². The summed E-state index contributed by atoms with van der Waals surface area (Å²) in [5.74, 6) is 1.28. The summed E-state index contributed by atoms with van der Waals surface area (Å²) in [4.78, 5) is 0. The van der Waals surface area contributed by atoms with Gasteiger partial charge in [0.2, 0.25) is 10.0 Å². The van der Waals surface area contributed by atoms with Crippen LogP contribution in [0, 0.1) is 0 Å². The molecule has 2 aromatic heterocycles. The topological polar surface area (TPSA) is 86.4 Å². The lowest BCUT2D eigenvalue weighted by atomic mass is 10.3. The Kier molecular flexibility index (Phi) is 5.52. The molecule has 25 heavy (non-hydrogen) atoms. The quantitative estimate of drug-likeness (QED) is 0.631. The van der Waals surface area contributed by atoms with Crippen LogP contribution in [0.3, 0.4) is 0 Å². The smallest absolute Gasteiger partial charge is 0.215 e. The third kappa shape index (κ3) is 5.20. The van der Waals surface area contributed by atoms with Crippen LogP contribution in [0.4, 0.5) is 0 Å². The van der Waals surface area contributed by atoms with Gasteiger partial charge in [-0.15, -0.1) is 0 Å². The van der Waals surface area contributed by atoms with Crippen LogP contribution in [-0.2, 0) is 16.6 Å². The van der Waals surface area contributed by atoms with Gasteiger partial charge in [-0.25, -0.2) is 13.1 Å². The van der Waals surface area contributed by atoms with Crippen molar-refractivity contribution >= 4 is 10.0 Å². The molecule has 8 heteroatoms. The number of benzene rings is 1. The number of sulfonamides is 1. The largest absolute Gasteiger partial charge is 0.492 e. The summed E-state index contributed by atoms with van der Waals surface area (Å²) in [5.41, 5.74) is 0.851. The summed E-state index contributed by atoms with van der Waals surface area (Å²) in [7, 11) is -3.39. The van der Waals surface area contributed by atoms with Crippen molar-refractivity contribution < 1.29 is 17.6 Å². The van der Waals surface area contributed by atoms with Crippen LogP contribution < -0.4 is 9.46 Å². The maximum Gasteiger partial charge on any atom is 0.215 e. The molecule has 0 aliphatic carbocycles. The molecule has 0 radical (unpaired) electrons. The SMILES string of the molecule is O=S(=O)(CCOc1ccccc1)NCCn1cc(-c2ccco2)cn1. The van der Waals surface area contributed by atoms with Crippen LogP contribution in [0.2, 0.25) is 0 Å². The van der Waals surface area contributed by atoms with Gasteiger partial charge in [0, 0.05) is 12.7 Å². The fourth-order valence-electron chi connectivity index (χ4n) is 2.23. The first-order chi connectivity index (χ1) is 12.1. The van der Waals surface area contributed by atoms with E-state index in [2.05, 4.69) is 9.82 Å². The summed E-state index contributed by atoms with van der Waals surface area (Å²) < 4.78 is 38.8. The molecule has 1 aromatic carbocycles. The average molecular weight is 361 g/mol. The summed E-state index contributed by atoms with van der Waals surface area (Å²) >= 11 is 0. The van der Waals surface area contributed by atoms with E-state index in [1.807, 2.05) is 30.5 Å². The van der Waals surface area contributed by atoms with Crippen LogP contribution in [0.25, 0.3) is 11.3 Å². The molecule has 0 bridgehead atoms. The fraction of sp³-hybridized carbons (Fsp3) is 0.235. The predicted octanol–water partition coefficient (Wildman–Crippen LogP) is 2.14. The molecule has 0 atom stereocenters. The molecule has 0 spiro atoms. The first-order valence-corrected chi connectivity index (χ1v) is 9.49. The minimum absolute atomic E-state index is 0.0986. The fourth-order valence-corrected chi connectivity index (χ4v) is 3.08. The van der Waals surface area contributed by atoms with Gasteiger partial charge < -0.3 is 9.15 Å². The van der Waals surface area contributed by atoms with Gasteiger partial charge in [-0.05, 0) is 24.3 Å². The third-order valence-electron chi connectivity index (χ3n) is 3.47. The van der Waals surface area contributed by atoms with Crippen molar-refractivity contribution in [1.29, 1.82) is 0 Å². The van der Waals surface area contributed by atoms with Crippen LogP contribution in [0.1, 0.15) is 0 Å². The molecule has 0 aliphatic heterocycles. The number of para-hydroxylation sites is 1. The minimum atomic E-state index is -3.39. The highest BCUT2D eigenvalue weighted by atomic mass is 32.2. The van der Waals surface area contributed by atoms with Crippen molar-refractivity contribution in [3.05, 3.63) is 61.1 Å². The normalized spacial score (nSPS) is 11.5. The van der Waals surface area contributed by atoms with Gasteiger partial charge in [0.25, 0.3) is 0 Å². The average Bonchev–Trinajstić information content (AvgIpc) is 3.27. The molecule has 0 saturated carbocycles. The second-order valence-electron chi connectivity index (χ2n) is 5.34. The molecular formula is C17H19N3O4S. The number of hydrogen-bond acceptors (Lipinski definition) is 5. The van der Waals surface area contributed by atoms with Crippen LogP contribution in [0.5, 0.6) is 5.75 Å². The van der Waals surface area contributed by atoms with Gasteiger partial charge in [-0.2, -0.15) is 5.10 Å². The Morgan fingerprint density at radius 3 is 2.76 bits per heavy atom. The van der Waals surface area contributed by atoms with Crippen molar-refractivity contribution in [3.63, 3.8) is 0 Å². The van der Waals surface area contributed by atoms with Crippen molar-refractivity contribution in [2.75, 3.05) is 18.9 Å². The van der Waals surface area contributed by atoms with Crippen molar-refractivity contribution in [2.24, 2.45) is 0 Å². The van der Waals surface area contributed by atoms with Gasteiger partial charge in [-0.3, -0.25) is 4.68 Å². The number of furan rings is 1. The molecule has 1 N–H and O–H groups in total. The number of nitrogens with zero attached hydrogens (tertiary/aromatic N) is 2. The van der Waals surface area contributed by atoms with E-state index in [1.165, 1.54) is 0 Å². The standard InChI is InChI=1S/C17H19N3O4S/c21-25(22,12-11-23-16-5-2-1-3-6-16)19-8-9-20-14-15(13-18-20)17-7-4-10-24-17/h1-7,10,13-14,19H,8-9,11-12H2. The zero-order valence-corrected chi connectivity index (χ0v) is 14.4. The second-order valence-corrected chi connectivity index (χ2v) is 7.27. The zero-order chi connectivity index (χ0) is 17.5. The number of aromatic nitrogens is 2. The molecule has 0 unspecified atom stereocenters. The highest BCUT2D eigenvalue weighted by Crippen LogP contribution is 2.18. The molecule has 7 nitrogen and oxygen atoms in total. The lowest BCUT2D eigenvalue weighted by Crippen LogP contribution is -2.31. The first-order valence-electron chi connectivity index (χ1n) is 7.84. The summed E-state index contributed by atoms with van der Waals surface area (Å²) in [5, 5.41) is 4.19. The van der Waals surface area contributed by atoms with Crippen LogP contribution in [-0.4, -0.2) is 37.1 Å². The molecular weight excluding hydrogens is 342 g/mol. The molecule has 0 amide bonds. The lowest BCUT2D eigenvalue weighted by Gasteiger charge is -2.08. The Balaban J connectivity index is 1.41. The van der Waals surface area contributed by atoms with E-state index in [1.54, 1.807) is 35.3 Å². The minimum Gasteiger partial charge on any atom is -0.492 e.